The molecule has 96 valence electrons. The van der Waals surface area contributed by atoms with E-state index in [4.69, 9.17) is 0 Å². The highest BCUT2D eigenvalue weighted by atomic mass is 15.0. The van der Waals surface area contributed by atoms with E-state index >= 15 is 0 Å². The molecule has 0 saturated carbocycles. The highest BCUT2D eigenvalue weighted by Gasteiger charge is 2.10. The molecule has 3 heteroatoms. The van der Waals surface area contributed by atoms with Crippen molar-refractivity contribution in [1.29, 1.82) is 0 Å². The highest BCUT2D eigenvalue weighted by Crippen LogP contribution is 2.10. The number of nitrogens with one attached hydrogen (secondary N) is 2. The third-order valence-electron chi connectivity index (χ3n) is 3.17. The molecule has 0 spiro atoms. The molecule has 18 heavy (non-hydrogen) atoms. The summed E-state index contributed by atoms with van der Waals surface area (Å²) in [5, 5.41) is 3.56. The van der Waals surface area contributed by atoms with Crippen molar-refractivity contribution in [3.05, 3.63) is 54.1 Å². The molecular weight excluding hydrogens is 222 g/mol. The van der Waals surface area contributed by atoms with Gasteiger partial charge in [-0.3, -0.25) is 0 Å². The number of aromatic nitrogens is 2. The number of H-pyrrole nitrogens is 1. The third-order valence-corrected chi connectivity index (χ3v) is 3.17. The second-order valence-corrected chi connectivity index (χ2v) is 4.79. The molecule has 3 nitrogen and oxygen atoms in total. The van der Waals surface area contributed by atoms with Gasteiger partial charge in [-0.1, -0.05) is 30.3 Å². The van der Waals surface area contributed by atoms with Crippen LogP contribution in [0, 0.1) is 0 Å². The van der Waals surface area contributed by atoms with Crippen molar-refractivity contribution >= 4 is 0 Å². The normalized spacial score (nSPS) is 14.3. The lowest BCUT2D eigenvalue weighted by Crippen LogP contribution is -2.29. The second kappa shape index (κ2) is 6.36. The molecule has 2 atom stereocenters. The van der Waals surface area contributed by atoms with Gasteiger partial charge in [-0.05, 0) is 32.3 Å². The minimum absolute atomic E-state index is 0.269. The molecule has 0 radical (unpaired) electrons. The maximum Gasteiger partial charge on any atom is 0.122 e. The first-order valence-electron chi connectivity index (χ1n) is 6.55. The average molecular weight is 243 g/mol. The predicted octanol–water partition coefficient (Wildman–Crippen LogP) is 3.08. The van der Waals surface area contributed by atoms with Gasteiger partial charge >= 0.3 is 0 Å². The van der Waals surface area contributed by atoms with Gasteiger partial charge in [-0.15, -0.1) is 0 Å². The number of benzene rings is 1. The lowest BCUT2D eigenvalue weighted by atomic mass is 10.1. The summed E-state index contributed by atoms with van der Waals surface area (Å²) in [5.41, 5.74) is 1.40. The maximum atomic E-state index is 4.27. The first-order valence-corrected chi connectivity index (χ1v) is 6.55. The Labute approximate surface area is 109 Å². The van der Waals surface area contributed by atoms with Crippen LogP contribution in [0.5, 0.6) is 0 Å². The van der Waals surface area contributed by atoms with Crippen LogP contribution in [0.15, 0.2) is 42.7 Å². The van der Waals surface area contributed by atoms with Crippen LogP contribution in [-0.2, 0) is 6.42 Å². The zero-order valence-corrected chi connectivity index (χ0v) is 11.1. The molecule has 2 aromatic rings. The van der Waals surface area contributed by atoms with E-state index in [0.717, 1.165) is 18.7 Å². The molecular formula is C15H21N3. The second-order valence-electron chi connectivity index (χ2n) is 4.79. The van der Waals surface area contributed by atoms with Crippen molar-refractivity contribution in [2.45, 2.75) is 38.8 Å². The summed E-state index contributed by atoms with van der Waals surface area (Å²) < 4.78 is 0. The fourth-order valence-electron chi connectivity index (χ4n) is 2.13. The molecule has 2 rings (SSSR count). The van der Waals surface area contributed by atoms with E-state index in [1.807, 2.05) is 6.20 Å². The molecule has 1 heterocycles. The smallest absolute Gasteiger partial charge is 0.122 e. The summed E-state index contributed by atoms with van der Waals surface area (Å²) in [5.74, 6) is 1.00. The van der Waals surface area contributed by atoms with Crippen LogP contribution in [0.2, 0.25) is 0 Å². The van der Waals surface area contributed by atoms with Crippen LogP contribution in [0.3, 0.4) is 0 Å². The Bertz CT molecular complexity index is 436. The molecule has 0 fully saturated rings. The monoisotopic (exact) mass is 243 g/mol. The van der Waals surface area contributed by atoms with Crippen LogP contribution in [0.1, 0.15) is 37.7 Å². The zero-order chi connectivity index (χ0) is 12.8. The average Bonchev–Trinajstić information content (AvgIpc) is 2.91. The van der Waals surface area contributed by atoms with Gasteiger partial charge in [0.2, 0.25) is 0 Å². The Balaban J connectivity index is 1.77. The van der Waals surface area contributed by atoms with E-state index in [-0.39, 0.29) is 6.04 Å². The highest BCUT2D eigenvalue weighted by molar-refractivity contribution is 5.14. The van der Waals surface area contributed by atoms with Crippen molar-refractivity contribution in [2.75, 3.05) is 0 Å². The number of rotatable bonds is 6. The van der Waals surface area contributed by atoms with Gasteiger partial charge < -0.3 is 10.3 Å². The first-order chi connectivity index (χ1) is 8.75. The molecule has 0 saturated heterocycles. The number of hydrogen-bond donors (Lipinski definition) is 2. The van der Waals surface area contributed by atoms with E-state index in [9.17, 15) is 0 Å². The Morgan fingerprint density at radius 2 is 2.00 bits per heavy atom. The van der Waals surface area contributed by atoms with Crippen LogP contribution < -0.4 is 5.32 Å². The van der Waals surface area contributed by atoms with Gasteiger partial charge in [0, 0.05) is 18.4 Å². The molecule has 0 aliphatic heterocycles. The van der Waals surface area contributed by atoms with E-state index < -0.39 is 0 Å². The van der Waals surface area contributed by atoms with Crippen LogP contribution in [0.4, 0.5) is 0 Å². The number of imidazole rings is 1. The number of nitrogens with zero attached hydrogens (tertiary/aromatic N) is 1. The Morgan fingerprint density at radius 1 is 1.22 bits per heavy atom. The number of aryl methyl sites for hydroxylation is 1. The molecule has 0 aliphatic carbocycles. The van der Waals surface area contributed by atoms with Crippen molar-refractivity contribution in [3.8, 4) is 0 Å². The SMILES string of the molecule is CC(CCc1ccccc1)NC(C)c1ncc[nH]1. The van der Waals surface area contributed by atoms with Crippen LogP contribution in [-0.4, -0.2) is 16.0 Å². The van der Waals surface area contributed by atoms with E-state index in [1.165, 1.54) is 5.56 Å². The fraction of sp³-hybridized carbons (Fsp3) is 0.400. The molecule has 2 N–H and O–H groups in total. The van der Waals surface area contributed by atoms with Crippen LogP contribution in [0.25, 0.3) is 0 Å². The Kier molecular flexibility index (Phi) is 4.53. The Hall–Kier alpha value is -1.61. The van der Waals surface area contributed by atoms with Gasteiger partial charge in [0.1, 0.15) is 5.82 Å². The summed E-state index contributed by atoms with van der Waals surface area (Å²) in [6.07, 6.45) is 5.90. The Morgan fingerprint density at radius 3 is 2.67 bits per heavy atom. The number of aromatic amines is 1. The zero-order valence-electron chi connectivity index (χ0n) is 11.1. The lowest BCUT2D eigenvalue weighted by Gasteiger charge is -2.18. The van der Waals surface area contributed by atoms with E-state index in [1.54, 1.807) is 6.20 Å². The summed E-state index contributed by atoms with van der Waals surface area (Å²) in [6.45, 7) is 4.36. The first kappa shape index (κ1) is 12.8. The largest absolute Gasteiger partial charge is 0.347 e. The molecule has 2 unspecified atom stereocenters. The summed E-state index contributed by atoms with van der Waals surface area (Å²) in [4.78, 5) is 7.41. The maximum absolute atomic E-state index is 4.27. The van der Waals surface area contributed by atoms with Gasteiger partial charge in [0.15, 0.2) is 0 Å². The summed E-state index contributed by atoms with van der Waals surface area (Å²) in [6, 6.07) is 11.4. The van der Waals surface area contributed by atoms with Crippen molar-refractivity contribution in [2.24, 2.45) is 0 Å². The van der Waals surface area contributed by atoms with Crippen molar-refractivity contribution < 1.29 is 0 Å². The topological polar surface area (TPSA) is 40.7 Å². The van der Waals surface area contributed by atoms with Crippen LogP contribution >= 0.6 is 0 Å². The van der Waals surface area contributed by atoms with Crippen molar-refractivity contribution in [1.82, 2.24) is 15.3 Å². The minimum atomic E-state index is 0.269. The molecule has 0 amide bonds. The van der Waals surface area contributed by atoms with E-state index in [0.29, 0.717) is 6.04 Å². The number of hydrogen-bond acceptors (Lipinski definition) is 2. The van der Waals surface area contributed by atoms with Gasteiger partial charge in [-0.25, -0.2) is 4.98 Å². The van der Waals surface area contributed by atoms with Gasteiger partial charge in [-0.2, -0.15) is 0 Å². The standard InChI is InChI=1S/C15H21N3/c1-12(8-9-14-6-4-3-5-7-14)18-13(2)15-16-10-11-17-15/h3-7,10-13,18H,8-9H2,1-2H3,(H,16,17). The fourth-order valence-corrected chi connectivity index (χ4v) is 2.13. The quantitative estimate of drug-likeness (QED) is 0.818. The van der Waals surface area contributed by atoms with E-state index in [2.05, 4.69) is 59.5 Å². The molecule has 1 aromatic heterocycles. The predicted molar refractivity (Wildman–Crippen MR) is 74.4 cm³/mol. The molecule has 1 aromatic carbocycles. The molecule has 0 bridgehead atoms. The molecule has 0 aliphatic rings. The third kappa shape index (κ3) is 3.70. The summed E-state index contributed by atoms with van der Waals surface area (Å²) >= 11 is 0. The summed E-state index contributed by atoms with van der Waals surface area (Å²) in [7, 11) is 0. The lowest BCUT2D eigenvalue weighted by molar-refractivity contribution is 0.445. The van der Waals surface area contributed by atoms with Gasteiger partial charge in [0.05, 0.1) is 6.04 Å². The minimum Gasteiger partial charge on any atom is -0.347 e. The van der Waals surface area contributed by atoms with Crippen molar-refractivity contribution in [3.63, 3.8) is 0 Å². The van der Waals surface area contributed by atoms with Gasteiger partial charge in [0.25, 0.3) is 0 Å².